The van der Waals surface area contributed by atoms with E-state index in [1.54, 1.807) is 11.3 Å². The first-order chi connectivity index (χ1) is 9.19. The maximum absolute atomic E-state index is 5.93. The zero-order valence-corrected chi connectivity index (χ0v) is 12.9. The summed E-state index contributed by atoms with van der Waals surface area (Å²) in [4.78, 5) is 8.20. The van der Waals surface area contributed by atoms with Gasteiger partial charge in [-0.15, -0.1) is 11.3 Å². The average molecular weight is 280 g/mol. The van der Waals surface area contributed by atoms with E-state index in [-0.39, 0.29) is 0 Å². The second-order valence-corrected chi connectivity index (χ2v) is 6.01. The van der Waals surface area contributed by atoms with E-state index in [9.17, 15) is 0 Å². The van der Waals surface area contributed by atoms with Crippen LogP contribution in [0.3, 0.4) is 0 Å². The van der Waals surface area contributed by atoms with Crippen LogP contribution in [0.1, 0.15) is 45.7 Å². The molecule has 2 N–H and O–H groups in total. The summed E-state index contributed by atoms with van der Waals surface area (Å²) in [5, 5.41) is 2.06. The highest BCUT2D eigenvalue weighted by Crippen LogP contribution is 2.26. The van der Waals surface area contributed by atoms with Gasteiger partial charge in [0.1, 0.15) is 0 Å². The molecule has 0 aliphatic rings. The number of unbranched alkanes of at least 4 members (excludes halogenated alkanes) is 2. The van der Waals surface area contributed by atoms with Crippen LogP contribution < -0.4 is 10.6 Å². The van der Waals surface area contributed by atoms with Crippen molar-refractivity contribution in [3.63, 3.8) is 0 Å². The van der Waals surface area contributed by atoms with Crippen LogP contribution in [0.5, 0.6) is 0 Å². The van der Waals surface area contributed by atoms with Gasteiger partial charge in [-0.3, -0.25) is 4.40 Å². The first-order valence-electron chi connectivity index (χ1n) is 7.10. The van der Waals surface area contributed by atoms with Crippen LogP contribution in [0.2, 0.25) is 0 Å². The van der Waals surface area contributed by atoms with E-state index < -0.39 is 0 Å². The van der Waals surface area contributed by atoms with Crippen molar-refractivity contribution >= 4 is 22.1 Å². The number of imidazole rings is 1. The van der Waals surface area contributed by atoms with E-state index in [1.807, 2.05) is 0 Å². The van der Waals surface area contributed by atoms with Crippen molar-refractivity contribution in [2.24, 2.45) is 5.73 Å². The Labute approximate surface area is 119 Å². The number of hydrogen-bond donors (Lipinski definition) is 1. The van der Waals surface area contributed by atoms with Gasteiger partial charge in [0.25, 0.3) is 0 Å². The minimum Gasteiger partial charge on any atom is -0.353 e. The number of fused-ring (bicyclic) bond motifs is 1. The molecule has 0 saturated heterocycles. The maximum atomic E-state index is 5.93. The third kappa shape index (κ3) is 2.92. The smallest absolute Gasteiger partial charge is 0.195 e. The van der Waals surface area contributed by atoms with Gasteiger partial charge in [0.15, 0.2) is 10.8 Å². The van der Waals surface area contributed by atoms with Crippen LogP contribution in [-0.2, 0) is 6.54 Å². The fraction of sp³-hybridized carbons (Fsp3) is 0.643. The second kappa shape index (κ2) is 6.39. The van der Waals surface area contributed by atoms with Crippen LogP contribution in [0.15, 0.2) is 11.6 Å². The van der Waals surface area contributed by atoms with E-state index in [0.29, 0.717) is 12.6 Å². The van der Waals surface area contributed by atoms with Crippen molar-refractivity contribution in [3.05, 3.63) is 17.3 Å². The van der Waals surface area contributed by atoms with Crippen molar-refractivity contribution in [3.8, 4) is 0 Å². The first-order valence-corrected chi connectivity index (χ1v) is 7.98. The van der Waals surface area contributed by atoms with Gasteiger partial charge in [-0.05, 0) is 20.3 Å². The summed E-state index contributed by atoms with van der Waals surface area (Å²) in [7, 11) is 0. The van der Waals surface area contributed by atoms with E-state index in [2.05, 4.69) is 41.6 Å². The molecule has 0 fully saturated rings. The highest BCUT2D eigenvalue weighted by atomic mass is 32.1. The van der Waals surface area contributed by atoms with Gasteiger partial charge in [-0.1, -0.05) is 19.8 Å². The molecule has 0 amide bonds. The van der Waals surface area contributed by atoms with Gasteiger partial charge >= 0.3 is 0 Å². The maximum Gasteiger partial charge on any atom is 0.195 e. The molecular formula is C14H24N4S. The Balaban J connectivity index is 2.29. The molecule has 0 saturated carbocycles. The highest BCUT2D eigenvalue weighted by molar-refractivity contribution is 7.15. The number of thiazole rings is 1. The summed E-state index contributed by atoms with van der Waals surface area (Å²) in [6, 6.07) is 0.451. The van der Waals surface area contributed by atoms with Gasteiger partial charge in [0, 0.05) is 30.7 Å². The lowest BCUT2D eigenvalue weighted by Gasteiger charge is -2.27. The lowest BCUT2D eigenvalue weighted by Crippen LogP contribution is -2.33. The van der Waals surface area contributed by atoms with Gasteiger partial charge in [-0.25, -0.2) is 4.98 Å². The van der Waals surface area contributed by atoms with E-state index in [1.165, 1.54) is 19.3 Å². The predicted octanol–water partition coefficient (Wildman–Crippen LogP) is 3.26. The van der Waals surface area contributed by atoms with Gasteiger partial charge < -0.3 is 10.6 Å². The van der Waals surface area contributed by atoms with Gasteiger partial charge in [0.05, 0.1) is 5.69 Å². The van der Waals surface area contributed by atoms with E-state index in [4.69, 9.17) is 10.7 Å². The third-order valence-corrected chi connectivity index (χ3v) is 4.19. The van der Waals surface area contributed by atoms with Crippen molar-refractivity contribution in [2.75, 3.05) is 11.4 Å². The number of aromatic nitrogens is 2. The topological polar surface area (TPSA) is 46.6 Å². The Hall–Kier alpha value is -1.07. The minimum absolute atomic E-state index is 0.451. The lowest BCUT2D eigenvalue weighted by molar-refractivity contribution is 0.618. The molecular weight excluding hydrogens is 256 g/mol. The number of nitrogens with zero attached hydrogens (tertiary/aromatic N) is 3. The molecule has 0 aromatic carbocycles. The Morgan fingerprint density at radius 1 is 1.42 bits per heavy atom. The summed E-state index contributed by atoms with van der Waals surface area (Å²) in [6.45, 7) is 8.27. The Morgan fingerprint density at radius 3 is 2.84 bits per heavy atom. The van der Waals surface area contributed by atoms with Crippen LogP contribution in [0.25, 0.3) is 4.96 Å². The summed E-state index contributed by atoms with van der Waals surface area (Å²) < 4.78 is 2.12. The van der Waals surface area contributed by atoms with Crippen molar-refractivity contribution < 1.29 is 0 Å². The molecule has 2 heterocycles. The lowest BCUT2D eigenvalue weighted by atomic mass is 10.2. The molecule has 2 aromatic rings. The molecule has 2 aromatic heterocycles. The molecule has 106 valence electrons. The molecule has 19 heavy (non-hydrogen) atoms. The van der Waals surface area contributed by atoms with Crippen LogP contribution in [-0.4, -0.2) is 22.0 Å². The number of rotatable bonds is 7. The zero-order chi connectivity index (χ0) is 13.8. The Kier molecular flexibility index (Phi) is 4.82. The van der Waals surface area contributed by atoms with Crippen LogP contribution in [0.4, 0.5) is 5.82 Å². The zero-order valence-electron chi connectivity index (χ0n) is 12.1. The van der Waals surface area contributed by atoms with Crippen molar-refractivity contribution in [1.29, 1.82) is 0 Å². The van der Waals surface area contributed by atoms with Crippen LogP contribution in [0, 0.1) is 0 Å². The van der Waals surface area contributed by atoms with Crippen LogP contribution >= 0.6 is 11.3 Å². The first kappa shape index (κ1) is 14.3. The SMILES string of the molecule is CCCCCN(c1nc2sccn2c1CN)C(C)C. The van der Waals surface area contributed by atoms with Crippen molar-refractivity contribution in [1.82, 2.24) is 9.38 Å². The van der Waals surface area contributed by atoms with Crippen molar-refractivity contribution in [2.45, 2.75) is 52.6 Å². The summed E-state index contributed by atoms with van der Waals surface area (Å²) in [5.74, 6) is 1.07. The number of hydrogen-bond acceptors (Lipinski definition) is 4. The predicted molar refractivity (Wildman–Crippen MR) is 83.0 cm³/mol. The average Bonchev–Trinajstić information content (AvgIpc) is 2.94. The molecule has 5 heteroatoms. The summed E-state index contributed by atoms with van der Waals surface area (Å²) >= 11 is 1.66. The minimum atomic E-state index is 0.451. The fourth-order valence-corrected chi connectivity index (χ4v) is 3.11. The quantitative estimate of drug-likeness (QED) is 0.792. The molecule has 0 aliphatic carbocycles. The molecule has 4 nitrogen and oxygen atoms in total. The fourth-order valence-electron chi connectivity index (χ4n) is 2.38. The van der Waals surface area contributed by atoms with Gasteiger partial charge in [-0.2, -0.15) is 0 Å². The summed E-state index contributed by atoms with van der Waals surface area (Å²) in [5.41, 5.74) is 7.06. The molecule has 0 atom stereocenters. The standard InChI is InChI=1S/C14H24N4S/c1-4-5-6-7-17(11(2)3)13-12(10-15)18-8-9-19-14(18)16-13/h8-9,11H,4-7,10,15H2,1-3H3. The molecule has 0 bridgehead atoms. The Morgan fingerprint density at radius 2 is 2.21 bits per heavy atom. The molecule has 0 unspecified atom stereocenters. The monoisotopic (exact) mass is 280 g/mol. The molecule has 0 radical (unpaired) electrons. The Bertz CT molecular complexity index is 514. The highest BCUT2D eigenvalue weighted by Gasteiger charge is 2.19. The molecule has 0 spiro atoms. The third-order valence-electron chi connectivity index (χ3n) is 3.43. The largest absolute Gasteiger partial charge is 0.353 e. The number of anilines is 1. The molecule has 0 aliphatic heterocycles. The van der Waals surface area contributed by atoms with E-state index in [0.717, 1.165) is 23.0 Å². The van der Waals surface area contributed by atoms with Gasteiger partial charge in [0.2, 0.25) is 0 Å². The normalized spacial score (nSPS) is 11.6. The number of nitrogens with two attached hydrogens (primary N) is 1. The second-order valence-electron chi connectivity index (χ2n) is 5.14. The summed E-state index contributed by atoms with van der Waals surface area (Å²) in [6.07, 6.45) is 5.78. The van der Waals surface area contributed by atoms with E-state index >= 15 is 0 Å². The molecule has 2 rings (SSSR count).